The number of carbonyl (C=O) groups is 1. The maximum absolute atomic E-state index is 10.7. The average molecular weight is 272 g/mol. The van der Waals surface area contributed by atoms with Gasteiger partial charge >= 0.3 is 6.09 Å². The van der Waals surface area contributed by atoms with Crippen LogP contribution >= 0.6 is 0 Å². The second kappa shape index (κ2) is 6.36. The van der Waals surface area contributed by atoms with E-state index in [9.17, 15) is 17.8 Å². The Kier molecular flexibility index (Phi) is 5.11. The van der Waals surface area contributed by atoms with Crippen LogP contribution in [0.25, 0.3) is 0 Å². The third kappa shape index (κ3) is 4.72. The Morgan fingerprint density at radius 1 is 1.33 bits per heavy atom. The summed E-state index contributed by atoms with van der Waals surface area (Å²) in [6.07, 6.45) is 0.773. The number of carbonyl (C=O) groups excluding carboxylic acids is 1. The van der Waals surface area contributed by atoms with Crippen LogP contribution in [0.1, 0.15) is 12.0 Å². The SMILES string of the molecule is CNC(=O)OCCCc1ccc(S(=O)(=O)[O-])cc1. The lowest BCUT2D eigenvalue weighted by molar-refractivity contribution is 0.147. The zero-order valence-electron chi connectivity index (χ0n) is 9.88. The van der Waals surface area contributed by atoms with Gasteiger partial charge in [-0.3, -0.25) is 0 Å². The van der Waals surface area contributed by atoms with E-state index in [0.717, 1.165) is 5.56 Å². The molecule has 1 aromatic carbocycles. The van der Waals surface area contributed by atoms with Crippen LogP contribution < -0.4 is 5.32 Å². The summed E-state index contributed by atoms with van der Waals surface area (Å²) < 4.78 is 36.9. The lowest BCUT2D eigenvalue weighted by Gasteiger charge is -2.08. The van der Waals surface area contributed by atoms with E-state index in [4.69, 9.17) is 4.74 Å². The first-order chi connectivity index (χ1) is 8.43. The van der Waals surface area contributed by atoms with Gasteiger partial charge in [-0.25, -0.2) is 13.2 Å². The molecule has 0 unspecified atom stereocenters. The van der Waals surface area contributed by atoms with Crippen LogP contribution in [0.2, 0.25) is 0 Å². The molecule has 18 heavy (non-hydrogen) atoms. The standard InChI is InChI=1S/C11H15NO5S/c1-12-11(13)17-8-2-3-9-4-6-10(7-5-9)18(14,15)16/h4-7H,2-3,8H2,1H3,(H,12,13)(H,14,15,16)/p-1. The highest BCUT2D eigenvalue weighted by Crippen LogP contribution is 2.11. The molecule has 0 radical (unpaired) electrons. The first-order valence-electron chi connectivity index (χ1n) is 5.33. The minimum Gasteiger partial charge on any atom is -0.744 e. The Morgan fingerprint density at radius 2 is 1.94 bits per heavy atom. The molecule has 0 bridgehead atoms. The van der Waals surface area contributed by atoms with E-state index in [1.54, 1.807) is 12.1 Å². The van der Waals surface area contributed by atoms with Crippen LogP contribution in [-0.2, 0) is 21.3 Å². The fraction of sp³-hybridized carbons (Fsp3) is 0.364. The maximum Gasteiger partial charge on any atom is 0.406 e. The highest BCUT2D eigenvalue weighted by atomic mass is 32.2. The van der Waals surface area contributed by atoms with Crippen LogP contribution in [-0.4, -0.2) is 32.7 Å². The van der Waals surface area contributed by atoms with E-state index in [-0.39, 0.29) is 11.5 Å². The van der Waals surface area contributed by atoms with Crippen molar-refractivity contribution in [3.05, 3.63) is 29.8 Å². The Labute approximate surface area is 106 Å². The molecule has 6 nitrogen and oxygen atoms in total. The maximum atomic E-state index is 10.7. The van der Waals surface area contributed by atoms with E-state index < -0.39 is 16.2 Å². The number of rotatable bonds is 5. The number of amides is 1. The van der Waals surface area contributed by atoms with Gasteiger partial charge in [0.15, 0.2) is 0 Å². The van der Waals surface area contributed by atoms with Crippen molar-refractivity contribution in [3.8, 4) is 0 Å². The van der Waals surface area contributed by atoms with E-state index in [2.05, 4.69) is 5.32 Å². The van der Waals surface area contributed by atoms with E-state index >= 15 is 0 Å². The molecule has 0 aliphatic carbocycles. The molecule has 0 aliphatic rings. The molecule has 0 heterocycles. The summed E-state index contributed by atoms with van der Waals surface area (Å²) >= 11 is 0. The molecule has 1 N–H and O–H groups in total. The molecule has 1 aromatic rings. The minimum atomic E-state index is -4.39. The molecule has 0 saturated heterocycles. The van der Waals surface area contributed by atoms with Crippen molar-refractivity contribution in [1.29, 1.82) is 0 Å². The molecular weight excluding hydrogens is 258 g/mol. The Morgan fingerprint density at radius 3 is 2.44 bits per heavy atom. The van der Waals surface area contributed by atoms with Gasteiger partial charge in [0.1, 0.15) is 10.1 Å². The van der Waals surface area contributed by atoms with Gasteiger partial charge in [0.2, 0.25) is 0 Å². The smallest absolute Gasteiger partial charge is 0.406 e. The third-order valence-corrected chi connectivity index (χ3v) is 3.11. The predicted molar refractivity (Wildman–Crippen MR) is 63.1 cm³/mol. The lowest BCUT2D eigenvalue weighted by Crippen LogP contribution is -2.19. The number of aryl methyl sites for hydroxylation is 1. The second-order valence-corrected chi connectivity index (χ2v) is 4.97. The number of hydrogen-bond acceptors (Lipinski definition) is 5. The van der Waals surface area contributed by atoms with E-state index in [1.165, 1.54) is 19.2 Å². The van der Waals surface area contributed by atoms with Crippen molar-refractivity contribution in [2.45, 2.75) is 17.7 Å². The quantitative estimate of drug-likeness (QED) is 0.634. The molecule has 0 spiro atoms. The third-order valence-electron chi connectivity index (χ3n) is 2.26. The topological polar surface area (TPSA) is 95.5 Å². The number of alkyl carbamates (subject to hydrolysis) is 1. The van der Waals surface area contributed by atoms with Gasteiger partial charge in [-0.1, -0.05) is 12.1 Å². The summed E-state index contributed by atoms with van der Waals surface area (Å²) in [5.74, 6) is 0. The second-order valence-electron chi connectivity index (χ2n) is 3.59. The van der Waals surface area contributed by atoms with Crippen LogP contribution in [0, 0.1) is 0 Å². The molecule has 100 valence electrons. The molecule has 0 saturated carbocycles. The van der Waals surface area contributed by atoms with Crippen molar-refractivity contribution < 1.29 is 22.5 Å². The first-order valence-corrected chi connectivity index (χ1v) is 6.73. The van der Waals surface area contributed by atoms with Gasteiger partial charge in [-0.05, 0) is 30.5 Å². The number of hydrogen-bond donors (Lipinski definition) is 1. The molecular formula is C11H14NO5S-. The van der Waals surface area contributed by atoms with Gasteiger partial charge in [-0.15, -0.1) is 0 Å². The largest absolute Gasteiger partial charge is 0.744 e. The normalized spacial score (nSPS) is 11.0. The summed E-state index contributed by atoms with van der Waals surface area (Å²) in [6.45, 7) is 0.279. The molecule has 0 atom stereocenters. The van der Waals surface area contributed by atoms with Crippen LogP contribution in [0.3, 0.4) is 0 Å². The Bertz CT molecular complexity index is 495. The van der Waals surface area contributed by atoms with Crippen LogP contribution in [0.5, 0.6) is 0 Å². The summed E-state index contributed by atoms with van der Waals surface area (Å²) in [6, 6.07) is 5.70. The Hall–Kier alpha value is -1.60. The van der Waals surface area contributed by atoms with Crippen molar-refractivity contribution in [1.82, 2.24) is 5.32 Å². The summed E-state index contributed by atoms with van der Waals surface area (Å²) in [7, 11) is -2.91. The van der Waals surface area contributed by atoms with Gasteiger partial charge in [0.05, 0.1) is 11.5 Å². The van der Waals surface area contributed by atoms with E-state index in [0.29, 0.717) is 12.8 Å². The molecule has 0 aromatic heterocycles. The fourth-order valence-corrected chi connectivity index (χ4v) is 1.81. The summed E-state index contributed by atoms with van der Waals surface area (Å²) in [5.41, 5.74) is 0.878. The first kappa shape index (κ1) is 14.5. The molecule has 1 amide bonds. The molecule has 0 fully saturated rings. The Balaban J connectivity index is 2.43. The van der Waals surface area contributed by atoms with Gasteiger partial charge < -0.3 is 14.6 Å². The lowest BCUT2D eigenvalue weighted by atomic mass is 10.1. The molecule has 7 heteroatoms. The van der Waals surface area contributed by atoms with Crippen LogP contribution in [0.15, 0.2) is 29.2 Å². The number of benzene rings is 1. The van der Waals surface area contributed by atoms with E-state index in [1.807, 2.05) is 0 Å². The number of nitrogens with one attached hydrogen (secondary N) is 1. The minimum absolute atomic E-state index is 0.243. The van der Waals surface area contributed by atoms with Crippen molar-refractivity contribution in [3.63, 3.8) is 0 Å². The summed E-state index contributed by atoms with van der Waals surface area (Å²) in [5, 5.41) is 2.33. The monoisotopic (exact) mass is 272 g/mol. The fourth-order valence-electron chi connectivity index (χ4n) is 1.34. The van der Waals surface area contributed by atoms with Crippen molar-refractivity contribution in [2.24, 2.45) is 0 Å². The van der Waals surface area contributed by atoms with Crippen molar-refractivity contribution in [2.75, 3.05) is 13.7 Å². The van der Waals surface area contributed by atoms with Gasteiger partial charge in [-0.2, -0.15) is 0 Å². The average Bonchev–Trinajstić information content (AvgIpc) is 2.33. The number of ether oxygens (including phenoxy) is 1. The highest BCUT2D eigenvalue weighted by molar-refractivity contribution is 7.85. The zero-order chi connectivity index (χ0) is 13.6. The molecule has 0 aliphatic heterocycles. The predicted octanol–water partition coefficient (Wildman–Crippen LogP) is 0.879. The molecule has 1 rings (SSSR count). The summed E-state index contributed by atoms with van der Waals surface area (Å²) in [4.78, 5) is 10.5. The highest BCUT2D eigenvalue weighted by Gasteiger charge is 2.01. The van der Waals surface area contributed by atoms with Crippen LogP contribution in [0.4, 0.5) is 4.79 Å². The van der Waals surface area contributed by atoms with Crippen molar-refractivity contribution >= 4 is 16.2 Å². The van der Waals surface area contributed by atoms with Gasteiger partial charge in [0.25, 0.3) is 0 Å². The zero-order valence-corrected chi connectivity index (χ0v) is 10.7. The van der Waals surface area contributed by atoms with Gasteiger partial charge in [0, 0.05) is 7.05 Å².